The lowest BCUT2D eigenvalue weighted by Gasteiger charge is -2.43. The summed E-state index contributed by atoms with van der Waals surface area (Å²) in [6, 6.07) is 0. The number of carboxylic acid groups (broad SMARTS) is 1. The van der Waals surface area contributed by atoms with E-state index >= 15 is 0 Å². The van der Waals surface area contributed by atoms with Crippen LogP contribution in [0.15, 0.2) is 0 Å². The van der Waals surface area contributed by atoms with Crippen molar-refractivity contribution in [2.24, 2.45) is 0 Å². The van der Waals surface area contributed by atoms with Crippen LogP contribution in [0, 0.1) is 0 Å². The van der Waals surface area contributed by atoms with Crippen molar-refractivity contribution < 1.29 is 14.6 Å². The summed E-state index contributed by atoms with van der Waals surface area (Å²) >= 11 is 0. The van der Waals surface area contributed by atoms with Gasteiger partial charge in [-0.1, -0.05) is 6.42 Å². The van der Waals surface area contributed by atoms with Crippen LogP contribution in [-0.4, -0.2) is 47.8 Å². The first-order valence-corrected chi connectivity index (χ1v) is 5.54. The minimum atomic E-state index is -0.894. The van der Waals surface area contributed by atoms with Crippen molar-refractivity contribution in [3.05, 3.63) is 0 Å². The molecule has 0 aromatic heterocycles. The number of aliphatic carboxylic acids is 1. The van der Waals surface area contributed by atoms with Gasteiger partial charge in [0.05, 0.1) is 6.10 Å². The summed E-state index contributed by atoms with van der Waals surface area (Å²) in [5, 5.41) is 9.36. The van der Waals surface area contributed by atoms with Gasteiger partial charge in [0.25, 0.3) is 0 Å². The van der Waals surface area contributed by atoms with E-state index in [9.17, 15) is 9.90 Å². The fourth-order valence-corrected chi connectivity index (χ4v) is 2.15. The first-order valence-electron chi connectivity index (χ1n) is 5.54. The van der Waals surface area contributed by atoms with E-state index in [1.807, 2.05) is 11.8 Å². The van der Waals surface area contributed by atoms with Crippen molar-refractivity contribution in [2.45, 2.75) is 44.8 Å². The van der Waals surface area contributed by atoms with Crippen molar-refractivity contribution in [2.75, 3.05) is 20.2 Å². The molecule has 1 heterocycles. The van der Waals surface area contributed by atoms with Gasteiger partial charge in [0, 0.05) is 7.11 Å². The van der Waals surface area contributed by atoms with Gasteiger partial charge in [-0.2, -0.15) is 0 Å². The van der Waals surface area contributed by atoms with Crippen LogP contribution in [0.25, 0.3) is 0 Å². The van der Waals surface area contributed by atoms with Gasteiger partial charge in [-0.15, -0.1) is 0 Å². The molecule has 1 N–H and O–H groups in total. The first kappa shape index (κ1) is 12.5. The molecule has 0 aliphatic carbocycles. The van der Waals surface area contributed by atoms with Crippen LogP contribution in [0.3, 0.4) is 0 Å². The van der Waals surface area contributed by atoms with Gasteiger partial charge in [-0.05, 0) is 39.8 Å². The number of carbonyl (C=O) groups is 1. The fourth-order valence-electron chi connectivity index (χ4n) is 2.15. The van der Waals surface area contributed by atoms with Crippen molar-refractivity contribution in [3.8, 4) is 0 Å². The third kappa shape index (κ3) is 2.32. The second kappa shape index (κ2) is 4.94. The van der Waals surface area contributed by atoms with Crippen LogP contribution in [0.5, 0.6) is 0 Å². The number of hydrogen-bond donors (Lipinski definition) is 1. The Morgan fingerprint density at radius 2 is 1.93 bits per heavy atom. The summed E-state index contributed by atoms with van der Waals surface area (Å²) in [4.78, 5) is 13.4. The number of likely N-dealkylation sites (tertiary alicyclic amines) is 1. The van der Waals surface area contributed by atoms with Gasteiger partial charge in [0.1, 0.15) is 5.54 Å². The third-order valence-corrected chi connectivity index (χ3v) is 3.59. The maximum Gasteiger partial charge on any atom is 0.326 e. The summed E-state index contributed by atoms with van der Waals surface area (Å²) in [5.41, 5.74) is -0.894. The number of nitrogens with zero attached hydrogens (tertiary/aromatic N) is 1. The Morgan fingerprint density at radius 3 is 2.33 bits per heavy atom. The highest BCUT2D eigenvalue weighted by Gasteiger charge is 2.45. The number of ether oxygens (including phenoxy) is 1. The molecule has 0 amide bonds. The lowest BCUT2D eigenvalue weighted by molar-refractivity contribution is -0.161. The van der Waals surface area contributed by atoms with E-state index in [4.69, 9.17) is 4.74 Å². The minimum absolute atomic E-state index is 0.298. The number of rotatable bonds is 4. The van der Waals surface area contributed by atoms with Crippen LogP contribution in [0.1, 0.15) is 33.1 Å². The molecular weight excluding hydrogens is 194 g/mol. The van der Waals surface area contributed by atoms with Gasteiger partial charge < -0.3 is 9.84 Å². The van der Waals surface area contributed by atoms with Crippen LogP contribution >= 0.6 is 0 Å². The Hall–Kier alpha value is -0.610. The molecule has 1 aliphatic rings. The largest absolute Gasteiger partial charge is 0.480 e. The Labute approximate surface area is 91.2 Å². The standard InChI is InChI=1S/C11H21NO3/c1-9(15-3)11(2,10(13)14)12-7-5-4-6-8-12/h9H,4-8H2,1-3H3,(H,13,14). The average molecular weight is 215 g/mol. The molecule has 15 heavy (non-hydrogen) atoms. The molecule has 1 rings (SSSR count). The molecule has 0 spiro atoms. The normalized spacial score (nSPS) is 24.5. The lowest BCUT2D eigenvalue weighted by atomic mass is 9.91. The molecular formula is C11H21NO3. The molecule has 1 saturated heterocycles. The zero-order valence-electron chi connectivity index (χ0n) is 9.82. The summed E-state index contributed by atoms with van der Waals surface area (Å²) < 4.78 is 5.21. The van der Waals surface area contributed by atoms with Gasteiger partial charge in [0.15, 0.2) is 0 Å². The van der Waals surface area contributed by atoms with Gasteiger partial charge in [-0.3, -0.25) is 9.69 Å². The van der Waals surface area contributed by atoms with Crippen LogP contribution < -0.4 is 0 Å². The molecule has 2 unspecified atom stereocenters. The first-order chi connectivity index (χ1) is 7.03. The van der Waals surface area contributed by atoms with Crippen LogP contribution in [0.2, 0.25) is 0 Å². The summed E-state index contributed by atoms with van der Waals surface area (Å²) in [7, 11) is 1.57. The predicted octanol–water partition coefficient (Wildman–Crippen LogP) is 1.35. The van der Waals surface area contributed by atoms with Crippen molar-refractivity contribution in [3.63, 3.8) is 0 Å². The van der Waals surface area contributed by atoms with E-state index in [1.54, 1.807) is 14.0 Å². The fraction of sp³-hybridized carbons (Fsp3) is 0.909. The molecule has 0 aromatic carbocycles. The molecule has 0 radical (unpaired) electrons. The Bertz CT molecular complexity index is 226. The maximum absolute atomic E-state index is 11.4. The van der Waals surface area contributed by atoms with E-state index in [1.165, 1.54) is 6.42 Å². The highest BCUT2D eigenvalue weighted by atomic mass is 16.5. The van der Waals surface area contributed by atoms with Gasteiger partial charge >= 0.3 is 5.97 Å². The van der Waals surface area contributed by atoms with E-state index in [0.29, 0.717) is 0 Å². The molecule has 0 aromatic rings. The van der Waals surface area contributed by atoms with Crippen molar-refractivity contribution in [1.29, 1.82) is 0 Å². The van der Waals surface area contributed by atoms with Crippen molar-refractivity contribution in [1.82, 2.24) is 4.90 Å². The predicted molar refractivity (Wildman–Crippen MR) is 57.9 cm³/mol. The molecule has 4 nitrogen and oxygen atoms in total. The van der Waals surface area contributed by atoms with Crippen LogP contribution in [-0.2, 0) is 9.53 Å². The highest BCUT2D eigenvalue weighted by molar-refractivity contribution is 5.79. The number of methoxy groups -OCH3 is 1. The van der Waals surface area contributed by atoms with Crippen molar-refractivity contribution >= 4 is 5.97 Å². The maximum atomic E-state index is 11.4. The monoisotopic (exact) mass is 215 g/mol. The summed E-state index contributed by atoms with van der Waals surface area (Å²) in [5.74, 6) is -0.793. The average Bonchev–Trinajstić information content (AvgIpc) is 2.27. The Morgan fingerprint density at radius 1 is 1.40 bits per heavy atom. The van der Waals surface area contributed by atoms with E-state index in [0.717, 1.165) is 25.9 Å². The Kier molecular flexibility index (Phi) is 4.11. The zero-order valence-corrected chi connectivity index (χ0v) is 9.82. The van der Waals surface area contributed by atoms with E-state index < -0.39 is 11.5 Å². The quantitative estimate of drug-likeness (QED) is 0.769. The number of hydrogen-bond acceptors (Lipinski definition) is 3. The minimum Gasteiger partial charge on any atom is -0.480 e. The molecule has 1 fully saturated rings. The Balaban J connectivity index is 2.83. The molecule has 4 heteroatoms. The van der Waals surface area contributed by atoms with Gasteiger partial charge in [-0.25, -0.2) is 0 Å². The molecule has 2 atom stereocenters. The number of carboxylic acids is 1. The van der Waals surface area contributed by atoms with E-state index in [2.05, 4.69) is 0 Å². The lowest BCUT2D eigenvalue weighted by Crippen LogP contribution is -2.60. The summed E-state index contributed by atoms with van der Waals surface area (Å²) in [6.45, 7) is 5.30. The molecule has 0 bridgehead atoms. The second-order valence-electron chi connectivity index (χ2n) is 4.38. The molecule has 88 valence electrons. The molecule has 0 saturated carbocycles. The topological polar surface area (TPSA) is 49.8 Å². The van der Waals surface area contributed by atoms with Crippen LogP contribution in [0.4, 0.5) is 0 Å². The van der Waals surface area contributed by atoms with E-state index in [-0.39, 0.29) is 6.10 Å². The third-order valence-electron chi connectivity index (χ3n) is 3.59. The smallest absolute Gasteiger partial charge is 0.326 e. The zero-order chi connectivity index (χ0) is 11.5. The summed E-state index contributed by atoms with van der Waals surface area (Å²) in [6.07, 6.45) is 3.07. The van der Waals surface area contributed by atoms with Gasteiger partial charge in [0.2, 0.25) is 0 Å². The highest BCUT2D eigenvalue weighted by Crippen LogP contribution is 2.26. The number of piperidine rings is 1. The molecule has 1 aliphatic heterocycles. The second-order valence-corrected chi connectivity index (χ2v) is 4.38. The SMILES string of the molecule is COC(C)C(C)(C(=O)O)N1CCCCC1.